The van der Waals surface area contributed by atoms with Crippen molar-refractivity contribution >= 4 is 5.91 Å². The summed E-state index contributed by atoms with van der Waals surface area (Å²) in [5.74, 6) is -0.551. The van der Waals surface area contributed by atoms with Crippen molar-refractivity contribution in [2.75, 3.05) is 26.3 Å². The zero-order valence-electron chi connectivity index (χ0n) is 14.7. The predicted molar refractivity (Wildman–Crippen MR) is 93.3 cm³/mol. The number of rotatable bonds is 6. The van der Waals surface area contributed by atoms with Crippen LogP contribution in [0, 0.1) is 12.7 Å². The maximum Gasteiger partial charge on any atom is 0.260 e. The van der Waals surface area contributed by atoms with Gasteiger partial charge in [0.2, 0.25) is 0 Å². The minimum absolute atomic E-state index is 0.0450. The number of nitrogens with zero attached hydrogens (tertiary/aromatic N) is 3. The number of hydrogen-bond acceptors (Lipinski definition) is 5. The van der Waals surface area contributed by atoms with E-state index in [1.54, 1.807) is 23.4 Å². The number of halogens is 1. The molecule has 0 radical (unpaired) electrons. The van der Waals surface area contributed by atoms with Crippen LogP contribution in [0.3, 0.4) is 0 Å². The fourth-order valence-corrected chi connectivity index (χ4v) is 2.87. The second kappa shape index (κ2) is 8.71. The lowest BCUT2D eigenvalue weighted by molar-refractivity contribution is -0.141. The highest BCUT2D eigenvalue weighted by atomic mass is 19.1. The first-order valence-electron chi connectivity index (χ1n) is 8.66. The van der Waals surface area contributed by atoms with E-state index in [1.165, 1.54) is 12.1 Å². The Hall–Kier alpha value is -2.54. The highest BCUT2D eigenvalue weighted by molar-refractivity contribution is 5.77. The van der Waals surface area contributed by atoms with Crippen LogP contribution >= 0.6 is 0 Å². The number of morpholine rings is 1. The molecule has 1 fully saturated rings. The molecule has 0 spiro atoms. The highest BCUT2D eigenvalue weighted by Crippen LogP contribution is 2.16. The van der Waals surface area contributed by atoms with Crippen LogP contribution in [0.15, 0.2) is 36.7 Å². The minimum Gasteiger partial charge on any atom is -0.481 e. The zero-order valence-corrected chi connectivity index (χ0v) is 14.7. The summed E-state index contributed by atoms with van der Waals surface area (Å²) < 4.78 is 24.6. The van der Waals surface area contributed by atoms with Gasteiger partial charge in [-0.05, 0) is 38.0 Å². The van der Waals surface area contributed by atoms with Gasteiger partial charge in [0.1, 0.15) is 6.33 Å². The molecule has 7 heteroatoms. The summed E-state index contributed by atoms with van der Waals surface area (Å²) in [6, 6.07) is 8.01. The van der Waals surface area contributed by atoms with Gasteiger partial charge in [0.25, 0.3) is 5.91 Å². The molecule has 1 atom stereocenters. The number of para-hydroxylation sites is 1. The summed E-state index contributed by atoms with van der Waals surface area (Å²) in [4.78, 5) is 22.4. The van der Waals surface area contributed by atoms with Crippen molar-refractivity contribution in [2.24, 2.45) is 0 Å². The molecule has 1 saturated heterocycles. The Kier molecular flexibility index (Phi) is 6.12. The maximum absolute atomic E-state index is 13.6. The van der Waals surface area contributed by atoms with E-state index in [0.717, 1.165) is 24.2 Å². The number of carbonyl (C=O) groups is 1. The lowest BCUT2D eigenvalue weighted by Gasteiger charge is -2.33. The number of ether oxygens (including phenoxy) is 2. The Balaban J connectivity index is 1.48. The summed E-state index contributed by atoms with van der Waals surface area (Å²) in [7, 11) is 0. The Labute approximate surface area is 152 Å². The van der Waals surface area contributed by atoms with Crippen LogP contribution in [-0.4, -0.2) is 53.2 Å². The monoisotopic (exact) mass is 359 g/mol. The van der Waals surface area contributed by atoms with Crippen LogP contribution in [0.25, 0.3) is 0 Å². The van der Waals surface area contributed by atoms with Crippen molar-refractivity contribution in [3.8, 4) is 5.75 Å². The van der Waals surface area contributed by atoms with Crippen molar-refractivity contribution in [1.29, 1.82) is 0 Å². The lowest BCUT2D eigenvalue weighted by atomic mass is 10.1. The van der Waals surface area contributed by atoms with Gasteiger partial charge < -0.3 is 14.4 Å². The highest BCUT2D eigenvalue weighted by Gasteiger charge is 2.24. The second-order valence-corrected chi connectivity index (χ2v) is 6.24. The van der Waals surface area contributed by atoms with Gasteiger partial charge in [-0.15, -0.1) is 0 Å². The van der Waals surface area contributed by atoms with Crippen molar-refractivity contribution in [2.45, 2.75) is 25.9 Å². The molecule has 1 aliphatic heterocycles. The first-order valence-corrected chi connectivity index (χ1v) is 8.66. The van der Waals surface area contributed by atoms with Gasteiger partial charge in [-0.25, -0.2) is 14.4 Å². The molecule has 0 saturated carbocycles. The molecule has 3 rings (SSSR count). The number of benzene rings is 1. The average Bonchev–Trinajstić information content (AvgIpc) is 2.66. The normalized spacial score (nSPS) is 17.2. The van der Waals surface area contributed by atoms with E-state index in [2.05, 4.69) is 9.97 Å². The van der Waals surface area contributed by atoms with Gasteiger partial charge in [0.05, 0.1) is 12.7 Å². The Bertz CT molecular complexity index is 756. The van der Waals surface area contributed by atoms with E-state index >= 15 is 0 Å². The molecule has 0 unspecified atom stereocenters. The third kappa shape index (κ3) is 4.98. The fourth-order valence-electron chi connectivity index (χ4n) is 2.87. The largest absolute Gasteiger partial charge is 0.481 e. The molecule has 26 heavy (non-hydrogen) atoms. The third-order valence-electron chi connectivity index (χ3n) is 4.26. The molecule has 1 aromatic heterocycles. The zero-order chi connectivity index (χ0) is 18.4. The molecule has 6 nitrogen and oxygen atoms in total. The summed E-state index contributed by atoms with van der Waals surface area (Å²) in [6.45, 7) is 3.25. The summed E-state index contributed by atoms with van der Waals surface area (Å²) in [5.41, 5.74) is 1.90. The number of aromatic nitrogens is 2. The van der Waals surface area contributed by atoms with Gasteiger partial charge in [-0.2, -0.15) is 0 Å². The molecule has 1 aromatic carbocycles. The van der Waals surface area contributed by atoms with Crippen molar-refractivity contribution < 1.29 is 18.7 Å². The molecule has 1 amide bonds. The van der Waals surface area contributed by atoms with Crippen molar-refractivity contribution in [3.63, 3.8) is 0 Å². The molecule has 1 aliphatic rings. The van der Waals surface area contributed by atoms with Crippen molar-refractivity contribution in [1.82, 2.24) is 14.9 Å². The van der Waals surface area contributed by atoms with Gasteiger partial charge in [-0.1, -0.05) is 12.1 Å². The van der Waals surface area contributed by atoms with E-state index < -0.39 is 5.82 Å². The van der Waals surface area contributed by atoms with E-state index in [9.17, 15) is 9.18 Å². The molecule has 0 bridgehead atoms. The molecule has 0 aliphatic carbocycles. The van der Waals surface area contributed by atoms with Gasteiger partial charge in [0, 0.05) is 24.5 Å². The van der Waals surface area contributed by atoms with Gasteiger partial charge >= 0.3 is 0 Å². The third-order valence-corrected chi connectivity index (χ3v) is 4.26. The first-order chi connectivity index (χ1) is 12.6. The number of hydrogen-bond donors (Lipinski definition) is 0. The minimum atomic E-state index is -0.472. The molecule has 0 N–H and O–H groups in total. The summed E-state index contributed by atoms with van der Waals surface area (Å²) in [5, 5.41) is 0. The smallest absolute Gasteiger partial charge is 0.260 e. The number of carbonyl (C=O) groups excluding carboxylic acids is 1. The standard InChI is InChI=1S/C19H22FN3O3/c1-14-10-15(22-13-21-14)6-7-16-11-23(8-9-25-16)19(24)12-26-18-5-3-2-4-17(18)20/h2-5,10,13,16H,6-9,11-12H2,1H3/t16-/m0/s1. The number of amides is 1. The van der Waals surface area contributed by atoms with Gasteiger partial charge in [-0.3, -0.25) is 4.79 Å². The van der Waals surface area contributed by atoms with E-state index in [-0.39, 0.29) is 24.4 Å². The first kappa shape index (κ1) is 18.3. The molecular formula is C19H22FN3O3. The van der Waals surface area contributed by atoms with Crippen LogP contribution in [0.1, 0.15) is 17.8 Å². The Morgan fingerprint density at radius 3 is 3.04 bits per heavy atom. The SMILES string of the molecule is Cc1cc(CC[C@H]2CN(C(=O)COc3ccccc3F)CCO2)ncn1. The van der Waals surface area contributed by atoms with Crippen LogP contribution in [0.2, 0.25) is 0 Å². The van der Waals surface area contributed by atoms with Crippen LogP contribution in [0.5, 0.6) is 5.75 Å². The van der Waals surface area contributed by atoms with E-state index in [4.69, 9.17) is 9.47 Å². The molecule has 2 aromatic rings. The summed E-state index contributed by atoms with van der Waals surface area (Å²) >= 11 is 0. The van der Waals surface area contributed by atoms with E-state index in [1.807, 2.05) is 13.0 Å². The molecule has 2 heterocycles. The predicted octanol–water partition coefficient (Wildman–Crippen LogP) is 2.16. The lowest BCUT2D eigenvalue weighted by Crippen LogP contribution is -2.47. The van der Waals surface area contributed by atoms with Crippen molar-refractivity contribution in [3.05, 3.63) is 53.9 Å². The Morgan fingerprint density at radius 2 is 2.23 bits per heavy atom. The number of aryl methyl sites for hydroxylation is 2. The van der Waals surface area contributed by atoms with Crippen LogP contribution in [-0.2, 0) is 16.0 Å². The van der Waals surface area contributed by atoms with E-state index in [0.29, 0.717) is 19.7 Å². The van der Waals surface area contributed by atoms with Gasteiger partial charge in [0.15, 0.2) is 18.2 Å². The average molecular weight is 359 g/mol. The Morgan fingerprint density at radius 1 is 1.38 bits per heavy atom. The fraction of sp³-hybridized carbons (Fsp3) is 0.421. The molecule has 138 valence electrons. The van der Waals surface area contributed by atoms with Crippen LogP contribution < -0.4 is 4.74 Å². The second-order valence-electron chi connectivity index (χ2n) is 6.24. The topological polar surface area (TPSA) is 64.6 Å². The van der Waals surface area contributed by atoms with Crippen LogP contribution in [0.4, 0.5) is 4.39 Å². The maximum atomic E-state index is 13.6. The summed E-state index contributed by atoms with van der Waals surface area (Å²) in [6.07, 6.45) is 3.05. The quantitative estimate of drug-likeness (QED) is 0.791. The molecular weight excluding hydrogens is 337 g/mol.